The van der Waals surface area contributed by atoms with Crippen molar-refractivity contribution in [2.24, 2.45) is 11.7 Å². The molecule has 0 saturated heterocycles. The Hall–Kier alpha value is -0.800. The van der Waals surface area contributed by atoms with Crippen molar-refractivity contribution >= 4 is 17.4 Å². The second kappa shape index (κ2) is 4.37. The molecule has 0 aromatic carbocycles. The number of pyridine rings is 1. The van der Waals surface area contributed by atoms with E-state index in [1.807, 2.05) is 12.1 Å². The normalized spacial score (nSPS) is 15.4. The highest BCUT2D eigenvalue weighted by Crippen LogP contribution is 2.30. The summed E-state index contributed by atoms with van der Waals surface area (Å²) in [6, 6.07) is 3.82. The van der Waals surface area contributed by atoms with E-state index >= 15 is 0 Å². The molecule has 0 aliphatic heterocycles. The van der Waals surface area contributed by atoms with E-state index in [1.54, 1.807) is 0 Å². The van der Waals surface area contributed by atoms with Crippen molar-refractivity contribution in [1.29, 1.82) is 0 Å². The van der Waals surface area contributed by atoms with Crippen molar-refractivity contribution in [1.82, 2.24) is 4.98 Å². The Balaban J connectivity index is 2.12. The van der Waals surface area contributed by atoms with Crippen molar-refractivity contribution in [3.8, 4) is 0 Å². The maximum Gasteiger partial charge on any atom is 0.128 e. The van der Waals surface area contributed by atoms with Crippen molar-refractivity contribution in [2.45, 2.75) is 19.4 Å². The molecule has 4 heteroatoms. The first-order valence-electron chi connectivity index (χ1n) is 5.27. The average Bonchev–Trinajstić information content (AvgIpc) is 3.02. The fourth-order valence-electron chi connectivity index (χ4n) is 1.61. The minimum Gasteiger partial charge on any atom is -0.359 e. The van der Waals surface area contributed by atoms with Crippen LogP contribution >= 0.6 is 11.6 Å². The van der Waals surface area contributed by atoms with Gasteiger partial charge in [-0.25, -0.2) is 4.98 Å². The smallest absolute Gasteiger partial charge is 0.128 e. The fourth-order valence-corrected chi connectivity index (χ4v) is 1.79. The molecule has 1 aromatic rings. The van der Waals surface area contributed by atoms with Crippen LogP contribution in [0.15, 0.2) is 12.1 Å². The zero-order valence-corrected chi connectivity index (χ0v) is 9.67. The lowest BCUT2D eigenvalue weighted by atomic mass is 10.3. The topological polar surface area (TPSA) is 42.1 Å². The molecule has 0 amide bonds. The first kappa shape index (κ1) is 10.7. The number of nitrogens with zero attached hydrogens (tertiary/aromatic N) is 2. The SMILES string of the molecule is CN(CC1CC1)c1ccc(Cl)c(CN)n1. The van der Waals surface area contributed by atoms with Crippen LogP contribution in [-0.4, -0.2) is 18.6 Å². The monoisotopic (exact) mass is 225 g/mol. The summed E-state index contributed by atoms with van der Waals surface area (Å²) in [6.45, 7) is 1.47. The zero-order chi connectivity index (χ0) is 10.8. The highest BCUT2D eigenvalue weighted by molar-refractivity contribution is 6.31. The van der Waals surface area contributed by atoms with Crippen LogP contribution in [0.5, 0.6) is 0 Å². The fraction of sp³-hybridized carbons (Fsp3) is 0.545. The van der Waals surface area contributed by atoms with Crippen LogP contribution in [0.1, 0.15) is 18.5 Å². The van der Waals surface area contributed by atoms with Crippen LogP contribution in [0.3, 0.4) is 0 Å². The molecular weight excluding hydrogens is 210 g/mol. The van der Waals surface area contributed by atoms with Crippen molar-refractivity contribution < 1.29 is 0 Å². The van der Waals surface area contributed by atoms with Gasteiger partial charge in [0, 0.05) is 20.1 Å². The quantitative estimate of drug-likeness (QED) is 0.853. The summed E-state index contributed by atoms with van der Waals surface area (Å²) in [4.78, 5) is 6.61. The van der Waals surface area contributed by atoms with E-state index < -0.39 is 0 Å². The third kappa shape index (κ3) is 2.61. The Kier molecular flexibility index (Phi) is 3.12. The lowest BCUT2D eigenvalue weighted by Crippen LogP contribution is -2.21. The van der Waals surface area contributed by atoms with Gasteiger partial charge in [-0.05, 0) is 30.9 Å². The highest BCUT2D eigenvalue weighted by atomic mass is 35.5. The molecule has 1 aliphatic carbocycles. The number of hydrogen-bond donors (Lipinski definition) is 1. The number of nitrogens with two attached hydrogens (primary N) is 1. The maximum atomic E-state index is 5.96. The molecule has 0 bridgehead atoms. The highest BCUT2D eigenvalue weighted by Gasteiger charge is 2.23. The molecule has 0 radical (unpaired) electrons. The van der Waals surface area contributed by atoms with E-state index in [4.69, 9.17) is 17.3 Å². The van der Waals surface area contributed by atoms with Gasteiger partial charge in [0.2, 0.25) is 0 Å². The lowest BCUT2D eigenvalue weighted by Gasteiger charge is -2.18. The molecule has 15 heavy (non-hydrogen) atoms. The number of aromatic nitrogens is 1. The Morgan fingerprint density at radius 3 is 2.87 bits per heavy atom. The second-order valence-electron chi connectivity index (χ2n) is 4.13. The van der Waals surface area contributed by atoms with E-state index in [1.165, 1.54) is 12.8 Å². The van der Waals surface area contributed by atoms with E-state index in [0.717, 1.165) is 24.0 Å². The van der Waals surface area contributed by atoms with Crippen LogP contribution < -0.4 is 10.6 Å². The Bertz CT molecular complexity index is 350. The van der Waals surface area contributed by atoms with Crippen molar-refractivity contribution in [2.75, 3.05) is 18.5 Å². The third-order valence-electron chi connectivity index (χ3n) is 2.72. The minimum absolute atomic E-state index is 0.393. The maximum absolute atomic E-state index is 5.96. The molecule has 3 nitrogen and oxygen atoms in total. The summed E-state index contributed by atoms with van der Waals surface area (Å²) < 4.78 is 0. The standard InChI is InChI=1S/C11H16ClN3/c1-15(7-8-2-3-8)11-5-4-9(12)10(6-13)14-11/h4-5,8H,2-3,6-7,13H2,1H3. The van der Waals surface area contributed by atoms with Gasteiger partial charge in [-0.1, -0.05) is 11.6 Å². The van der Waals surface area contributed by atoms with Gasteiger partial charge in [-0.3, -0.25) is 0 Å². The minimum atomic E-state index is 0.393. The van der Waals surface area contributed by atoms with Gasteiger partial charge in [0.05, 0.1) is 10.7 Å². The Labute approximate surface area is 95.2 Å². The molecule has 2 N–H and O–H groups in total. The lowest BCUT2D eigenvalue weighted by molar-refractivity contribution is 0.773. The molecule has 0 atom stereocenters. The molecule has 82 valence electrons. The number of halogens is 1. The predicted octanol–water partition coefficient (Wildman–Crippen LogP) is 2.04. The zero-order valence-electron chi connectivity index (χ0n) is 8.91. The van der Waals surface area contributed by atoms with E-state index in [9.17, 15) is 0 Å². The average molecular weight is 226 g/mol. The first-order chi connectivity index (χ1) is 7.20. The van der Waals surface area contributed by atoms with Crippen LogP contribution in [0.25, 0.3) is 0 Å². The molecule has 1 aliphatic rings. The molecular formula is C11H16ClN3. The van der Waals surface area contributed by atoms with Gasteiger partial charge in [0.15, 0.2) is 0 Å². The summed E-state index contributed by atoms with van der Waals surface area (Å²) >= 11 is 5.96. The first-order valence-corrected chi connectivity index (χ1v) is 5.65. The summed E-state index contributed by atoms with van der Waals surface area (Å²) in [5.74, 6) is 1.82. The summed E-state index contributed by atoms with van der Waals surface area (Å²) in [7, 11) is 2.06. The summed E-state index contributed by atoms with van der Waals surface area (Å²) in [5, 5.41) is 0.654. The van der Waals surface area contributed by atoms with Crippen LogP contribution in [-0.2, 0) is 6.54 Å². The van der Waals surface area contributed by atoms with Crippen LogP contribution in [0.4, 0.5) is 5.82 Å². The van der Waals surface area contributed by atoms with Gasteiger partial charge < -0.3 is 10.6 Å². The van der Waals surface area contributed by atoms with E-state index in [2.05, 4.69) is 16.9 Å². The number of rotatable bonds is 4. The Morgan fingerprint density at radius 2 is 2.27 bits per heavy atom. The molecule has 2 rings (SSSR count). The molecule has 1 aromatic heterocycles. The van der Waals surface area contributed by atoms with Gasteiger partial charge in [0.1, 0.15) is 5.82 Å². The van der Waals surface area contributed by atoms with Gasteiger partial charge in [0.25, 0.3) is 0 Å². The molecule has 0 unspecified atom stereocenters. The molecule has 1 fully saturated rings. The van der Waals surface area contributed by atoms with E-state index in [0.29, 0.717) is 11.6 Å². The van der Waals surface area contributed by atoms with Gasteiger partial charge in [-0.15, -0.1) is 0 Å². The predicted molar refractivity (Wildman–Crippen MR) is 63.1 cm³/mol. The largest absolute Gasteiger partial charge is 0.359 e. The van der Waals surface area contributed by atoms with Crippen molar-refractivity contribution in [3.05, 3.63) is 22.8 Å². The van der Waals surface area contributed by atoms with Crippen molar-refractivity contribution in [3.63, 3.8) is 0 Å². The van der Waals surface area contributed by atoms with Crippen LogP contribution in [0.2, 0.25) is 5.02 Å². The third-order valence-corrected chi connectivity index (χ3v) is 3.06. The van der Waals surface area contributed by atoms with Gasteiger partial charge in [-0.2, -0.15) is 0 Å². The second-order valence-corrected chi connectivity index (χ2v) is 4.53. The van der Waals surface area contributed by atoms with E-state index in [-0.39, 0.29) is 0 Å². The van der Waals surface area contributed by atoms with Gasteiger partial charge >= 0.3 is 0 Å². The number of hydrogen-bond acceptors (Lipinski definition) is 3. The Morgan fingerprint density at radius 1 is 1.53 bits per heavy atom. The molecule has 1 saturated carbocycles. The summed E-state index contributed by atoms with van der Waals surface area (Å²) in [5.41, 5.74) is 6.34. The number of anilines is 1. The molecule has 1 heterocycles. The summed E-state index contributed by atoms with van der Waals surface area (Å²) in [6.07, 6.45) is 2.70. The van der Waals surface area contributed by atoms with Crippen LogP contribution in [0, 0.1) is 5.92 Å². The molecule has 0 spiro atoms.